The van der Waals surface area contributed by atoms with Gasteiger partial charge in [-0.25, -0.2) is 0 Å². The lowest BCUT2D eigenvalue weighted by Gasteiger charge is -2.34. The van der Waals surface area contributed by atoms with Crippen molar-refractivity contribution in [3.05, 3.63) is 65.7 Å². The number of rotatable bonds is 6. The van der Waals surface area contributed by atoms with Gasteiger partial charge in [-0.3, -0.25) is 9.59 Å². The molecule has 4 rings (SSSR count). The van der Waals surface area contributed by atoms with Crippen LogP contribution in [0.4, 0.5) is 5.69 Å². The third-order valence-electron chi connectivity index (χ3n) is 6.05. The molecule has 28 heavy (non-hydrogen) atoms. The topological polar surface area (TPSA) is 58.6 Å². The van der Waals surface area contributed by atoms with E-state index in [4.69, 9.17) is 4.74 Å². The summed E-state index contributed by atoms with van der Waals surface area (Å²) in [5.74, 6) is -0.0209. The molecule has 2 aromatic rings. The predicted octanol–water partition coefficient (Wildman–Crippen LogP) is 3.15. The van der Waals surface area contributed by atoms with Crippen molar-refractivity contribution >= 4 is 17.5 Å². The summed E-state index contributed by atoms with van der Waals surface area (Å²) in [6.45, 7) is 3.03. The van der Waals surface area contributed by atoms with E-state index in [1.807, 2.05) is 54.3 Å². The Kier molecular flexibility index (Phi) is 5.18. The molecular formula is C23H26N2O3. The van der Waals surface area contributed by atoms with Gasteiger partial charge in [0.05, 0.1) is 11.5 Å². The number of hydrogen-bond donors (Lipinski definition) is 1. The maximum Gasteiger partial charge on any atom is 0.248 e. The van der Waals surface area contributed by atoms with Crippen molar-refractivity contribution < 1.29 is 14.3 Å². The first-order valence-corrected chi connectivity index (χ1v) is 9.99. The van der Waals surface area contributed by atoms with Crippen LogP contribution in [0.15, 0.2) is 54.6 Å². The molecule has 0 bridgehead atoms. The first-order chi connectivity index (χ1) is 13.7. The van der Waals surface area contributed by atoms with Crippen molar-refractivity contribution in [2.45, 2.75) is 37.6 Å². The molecule has 1 saturated heterocycles. The maximum absolute atomic E-state index is 13.2. The Labute approximate surface area is 165 Å². The van der Waals surface area contributed by atoms with Crippen molar-refractivity contribution in [1.82, 2.24) is 4.90 Å². The summed E-state index contributed by atoms with van der Waals surface area (Å²) in [5, 5.41) is 3.05. The minimum absolute atomic E-state index is 0.0125. The van der Waals surface area contributed by atoms with Gasteiger partial charge in [0.25, 0.3) is 0 Å². The van der Waals surface area contributed by atoms with Crippen LogP contribution in [0.1, 0.15) is 30.9 Å². The summed E-state index contributed by atoms with van der Waals surface area (Å²) in [5.41, 5.74) is 2.43. The Morgan fingerprint density at radius 2 is 1.93 bits per heavy atom. The smallest absolute Gasteiger partial charge is 0.248 e. The van der Waals surface area contributed by atoms with Gasteiger partial charge >= 0.3 is 0 Å². The molecule has 1 N–H and O–H groups in total. The number of fused-ring (bicyclic) bond motifs is 2. The fourth-order valence-electron chi connectivity index (χ4n) is 4.72. The molecular weight excluding hydrogens is 352 g/mol. The number of likely N-dealkylation sites (tertiary alicyclic amines) is 1. The van der Waals surface area contributed by atoms with Crippen LogP contribution in [0.5, 0.6) is 0 Å². The van der Waals surface area contributed by atoms with E-state index in [-0.39, 0.29) is 24.5 Å². The number of carbonyl (C=O) groups is 2. The summed E-state index contributed by atoms with van der Waals surface area (Å²) in [7, 11) is 0. The third kappa shape index (κ3) is 3.10. The molecule has 0 unspecified atom stereocenters. The van der Waals surface area contributed by atoms with Crippen molar-refractivity contribution in [3.63, 3.8) is 0 Å². The molecule has 2 atom stereocenters. The summed E-state index contributed by atoms with van der Waals surface area (Å²) < 4.78 is 5.37. The monoisotopic (exact) mass is 378 g/mol. The summed E-state index contributed by atoms with van der Waals surface area (Å²) >= 11 is 0. The molecule has 2 amide bonds. The van der Waals surface area contributed by atoms with Crippen molar-refractivity contribution in [3.8, 4) is 0 Å². The van der Waals surface area contributed by atoms with E-state index in [1.165, 1.54) is 5.56 Å². The molecule has 1 spiro atoms. The van der Waals surface area contributed by atoms with E-state index in [0.29, 0.717) is 19.6 Å². The normalized spacial score (nSPS) is 23.1. The zero-order valence-corrected chi connectivity index (χ0v) is 16.2. The third-order valence-corrected chi connectivity index (χ3v) is 6.05. The highest BCUT2D eigenvalue weighted by molar-refractivity contribution is 6.07. The number of benzene rings is 2. The molecule has 146 valence electrons. The largest absolute Gasteiger partial charge is 0.372 e. The molecule has 5 nitrogen and oxygen atoms in total. The van der Waals surface area contributed by atoms with Gasteiger partial charge in [-0.1, -0.05) is 48.5 Å². The van der Waals surface area contributed by atoms with E-state index in [9.17, 15) is 9.59 Å². The van der Waals surface area contributed by atoms with Crippen LogP contribution in [0.2, 0.25) is 0 Å². The Morgan fingerprint density at radius 3 is 2.71 bits per heavy atom. The lowest BCUT2D eigenvalue weighted by Crippen LogP contribution is -2.49. The molecule has 0 radical (unpaired) electrons. The van der Waals surface area contributed by atoms with Crippen LogP contribution in [0.25, 0.3) is 0 Å². The Balaban J connectivity index is 1.67. The minimum atomic E-state index is -0.673. The van der Waals surface area contributed by atoms with Crippen molar-refractivity contribution in [1.29, 1.82) is 0 Å². The number of anilines is 1. The lowest BCUT2D eigenvalue weighted by atomic mass is 9.73. The first kappa shape index (κ1) is 18.7. The number of para-hydroxylation sites is 1. The summed E-state index contributed by atoms with van der Waals surface area (Å²) in [6.07, 6.45) is 2.21. The second-order valence-electron chi connectivity index (χ2n) is 7.49. The van der Waals surface area contributed by atoms with Gasteiger partial charge in [-0.2, -0.15) is 0 Å². The van der Waals surface area contributed by atoms with Gasteiger partial charge in [0.1, 0.15) is 6.61 Å². The second-order valence-corrected chi connectivity index (χ2v) is 7.49. The van der Waals surface area contributed by atoms with E-state index < -0.39 is 5.41 Å². The molecule has 2 aliphatic heterocycles. The van der Waals surface area contributed by atoms with Gasteiger partial charge in [0, 0.05) is 18.8 Å². The molecule has 0 saturated carbocycles. The number of nitrogens with zero attached hydrogens (tertiary/aromatic N) is 1. The van der Waals surface area contributed by atoms with Gasteiger partial charge < -0.3 is 15.0 Å². The van der Waals surface area contributed by atoms with Crippen molar-refractivity contribution in [2.24, 2.45) is 0 Å². The molecule has 0 aliphatic carbocycles. The highest BCUT2D eigenvalue weighted by Crippen LogP contribution is 2.49. The average molecular weight is 378 g/mol. The highest BCUT2D eigenvalue weighted by atomic mass is 16.5. The van der Waals surface area contributed by atoms with Gasteiger partial charge in [-0.15, -0.1) is 0 Å². The summed E-state index contributed by atoms with van der Waals surface area (Å²) in [4.78, 5) is 27.9. The van der Waals surface area contributed by atoms with Crippen LogP contribution >= 0.6 is 0 Å². The highest BCUT2D eigenvalue weighted by Gasteiger charge is 2.58. The van der Waals surface area contributed by atoms with E-state index in [2.05, 4.69) is 17.4 Å². The van der Waals surface area contributed by atoms with Crippen LogP contribution in [-0.2, 0) is 26.2 Å². The Hall–Kier alpha value is -2.66. The Bertz CT molecular complexity index is 867. The minimum Gasteiger partial charge on any atom is -0.372 e. The Morgan fingerprint density at radius 1 is 1.18 bits per heavy atom. The maximum atomic E-state index is 13.2. The van der Waals surface area contributed by atoms with Gasteiger partial charge in [0.15, 0.2) is 0 Å². The molecule has 2 aliphatic rings. The SMILES string of the molecule is CCOCC(=O)N1CC[C@]2(C(=O)Nc3ccccc32)[C@@H]1CCc1ccccc1. The first-order valence-electron chi connectivity index (χ1n) is 9.99. The van der Waals surface area contributed by atoms with Crippen LogP contribution in [-0.4, -0.2) is 42.5 Å². The fraction of sp³-hybridized carbons (Fsp3) is 0.391. The van der Waals surface area contributed by atoms with E-state index >= 15 is 0 Å². The van der Waals surface area contributed by atoms with Crippen LogP contribution in [0, 0.1) is 0 Å². The van der Waals surface area contributed by atoms with Gasteiger partial charge in [0.2, 0.25) is 11.8 Å². The average Bonchev–Trinajstić information content (AvgIpc) is 3.25. The van der Waals surface area contributed by atoms with Crippen molar-refractivity contribution in [2.75, 3.05) is 25.1 Å². The molecule has 5 heteroatoms. The van der Waals surface area contributed by atoms with E-state index in [0.717, 1.165) is 24.1 Å². The number of amides is 2. The predicted molar refractivity (Wildman–Crippen MR) is 108 cm³/mol. The second kappa shape index (κ2) is 7.76. The number of nitrogens with one attached hydrogen (secondary N) is 1. The molecule has 1 fully saturated rings. The van der Waals surface area contributed by atoms with E-state index in [1.54, 1.807) is 0 Å². The van der Waals surface area contributed by atoms with Crippen LogP contribution < -0.4 is 5.32 Å². The van der Waals surface area contributed by atoms with Crippen LogP contribution in [0.3, 0.4) is 0 Å². The number of aryl methyl sites for hydroxylation is 1. The number of hydrogen-bond acceptors (Lipinski definition) is 3. The molecule has 0 aromatic heterocycles. The lowest BCUT2D eigenvalue weighted by molar-refractivity contribution is -0.138. The zero-order chi connectivity index (χ0) is 19.6. The quantitative estimate of drug-likeness (QED) is 0.840. The number of ether oxygens (including phenoxy) is 1. The molecule has 2 heterocycles. The molecule has 2 aromatic carbocycles. The summed E-state index contributed by atoms with van der Waals surface area (Å²) in [6, 6.07) is 17.9. The number of carbonyl (C=O) groups excluding carboxylic acids is 2. The fourth-order valence-corrected chi connectivity index (χ4v) is 4.72. The van der Waals surface area contributed by atoms with Gasteiger partial charge in [-0.05, 0) is 43.4 Å². The standard InChI is InChI=1S/C23H26N2O3/c1-2-28-16-21(26)25-15-14-23(18-10-6-7-11-19(18)24-22(23)27)20(25)13-12-17-8-4-3-5-9-17/h3-11,20H,2,12-16H2,1H3,(H,24,27)/t20-,23+/m0/s1. The zero-order valence-electron chi connectivity index (χ0n) is 16.2.